The number of benzene rings is 1. The fourth-order valence-corrected chi connectivity index (χ4v) is 4.39. The summed E-state index contributed by atoms with van der Waals surface area (Å²) in [4.78, 5) is 31.8. The number of carbonyl (C=O) groups is 2. The van der Waals surface area contributed by atoms with Gasteiger partial charge in [0, 0.05) is 19.8 Å². The molecule has 0 aliphatic carbocycles. The highest BCUT2D eigenvalue weighted by Crippen LogP contribution is 2.34. The Morgan fingerprint density at radius 2 is 1.89 bits per heavy atom. The van der Waals surface area contributed by atoms with Gasteiger partial charge in [-0.3, -0.25) is 4.79 Å². The maximum absolute atomic E-state index is 12.2. The Bertz CT molecular complexity index is 927. The number of hydrogen-bond acceptors (Lipinski definition) is 7. The average molecular weight is 404 g/mol. The molecule has 3 aromatic rings. The lowest BCUT2D eigenvalue weighted by atomic mass is 10.0. The summed E-state index contributed by atoms with van der Waals surface area (Å²) in [6, 6.07) is 9.39. The van der Waals surface area contributed by atoms with E-state index in [-0.39, 0.29) is 12.5 Å². The molecule has 1 aromatic carbocycles. The van der Waals surface area contributed by atoms with Crippen LogP contribution in [0.1, 0.15) is 35.0 Å². The van der Waals surface area contributed by atoms with Crippen LogP contribution < -0.4 is 10.2 Å². The SMILES string of the molecule is CC(C)c1ccc(NC(=O)COC(=O)c2cc3sc(N(C)C)nc3s2)cc1. The van der Waals surface area contributed by atoms with Gasteiger partial charge in [0.1, 0.15) is 9.71 Å². The van der Waals surface area contributed by atoms with E-state index in [1.807, 2.05) is 43.3 Å². The van der Waals surface area contributed by atoms with E-state index in [9.17, 15) is 9.59 Å². The number of ether oxygens (including phenoxy) is 1. The van der Waals surface area contributed by atoms with Gasteiger partial charge in [0.2, 0.25) is 0 Å². The normalized spacial score (nSPS) is 11.0. The predicted octanol–water partition coefficient (Wildman–Crippen LogP) is 4.34. The molecule has 0 fully saturated rings. The second-order valence-corrected chi connectivity index (χ2v) is 8.61. The zero-order valence-corrected chi connectivity index (χ0v) is 17.2. The van der Waals surface area contributed by atoms with Crippen LogP contribution in [0.15, 0.2) is 30.3 Å². The van der Waals surface area contributed by atoms with Crippen molar-refractivity contribution in [1.29, 1.82) is 0 Å². The first kappa shape index (κ1) is 19.3. The summed E-state index contributed by atoms with van der Waals surface area (Å²) in [5.74, 6) is -0.451. The smallest absolute Gasteiger partial charge is 0.348 e. The van der Waals surface area contributed by atoms with E-state index in [4.69, 9.17) is 4.74 Å². The Morgan fingerprint density at radius 1 is 1.19 bits per heavy atom. The minimum atomic E-state index is -0.512. The third-order valence-corrected chi connectivity index (χ3v) is 6.17. The van der Waals surface area contributed by atoms with Crippen LogP contribution in [0, 0.1) is 0 Å². The Hall–Kier alpha value is -2.45. The molecular weight excluding hydrogens is 382 g/mol. The number of esters is 1. The van der Waals surface area contributed by atoms with E-state index in [1.54, 1.807) is 6.07 Å². The molecule has 0 spiro atoms. The van der Waals surface area contributed by atoms with Crippen LogP contribution in [0.5, 0.6) is 0 Å². The van der Waals surface area contributed by atoms with Crippen molar-refractivity contribution in [1.82, 2.24) is 4.98 Å². The number of hydrogen-bond donors (Lipinski definition) is 1. The van der Waals surface area contributed by atoms with Crippen molar-refractivity contribution in [2.75, 3.05) is 30.9 Å². The molecule has 2 heterocycles. The van der Waals surface area contributed by atoms with Crippen LogP contribution in [0.3, 0.4) is 0 Å². The fraction of sp³-hybridized carbons (Fsp3) is 0.316. The first-order valence-corrected chi connectivity index (χ1v) is 10.1. The second kappa shape index (κ2) is 8.06. The van der Waals surface area contributed by atoms with Gasteiger partial charge in [-0.25, -0.2) is 9.78 Å². The third-order valence-electron chi connectivity index (χ3n) is 3.86. The second-order valence-electron chi connectivity index (χ2n) is 6.57. The molecule has 2 aromatic heterocycles. The number of carbonyl (C=O) groups excluding carboxylic acids is 2. The molecule has 1 N–H and O–H groups in total. The number of nitrogens with zero attached hydrogens (tertiary/aromatic N) is 2. The quantitative estimate of drug-likeness (QED) is 0.620. The molecule has 3 rings (SSSR count). The topological polar surface area (TPSA) is 71.5 Å². The molecule has 0 unspecified atom stereocenters. The maximum Gasteiger partial charge on any atom is 0.348 e. The summed E-state index contributed by atoms with van der Waals surface area (Å²) in [5, 5.41) is 3.62. The summed E-state index contributed by atoms with van der Waals surface area (Å²) in [5.41, 5.74) is 1.88. The molecule has 0 aliphatic rings. The van der Waals surface area contributed by atoms with Crippen molar-refractivity contribution >= 4 is 54.9 Å². The first-order valence-electron chi connectivity index (χ1n) is 8.48. The summed E-state index contributed by atoms with van der Waals surface area (Å²) in [7, 11) is 3.85. The van der Waals surface area contributed by atoms with Crippen LogP contribution in [0.2, 0.25) is 0 Å². The van der Waals surface area contributed by atoms with E-state index >= 15 is 0 Å². The Morgan fingerprint density at radius 3 is 2.48 bits per heavy atom. The number of thiophene rings is 1. The van der Waals surface area contributed by atoms with Crippen LogP contribution in [0.25, 0.3) is 9.53 Å². The van der Waals surface area contributed by atoms with Crippen LogP contribution >= 0.6 is 22.7 Å². The fourth-order valence-electron chi connectivity index (χ4n) is 2.37. The standard InChI is InChI=1S/C19H21N3O3S2/c1-11(2)12-5-7-13(8-6-12)20-16(23)10-25-18(24)15-9-14-17(26-15)21-19(27-14)22(3)4/h5-9,11H,10H2,1-4H3,(H,20,23). The number of fused-ring (bicyclic) bond motifs is 1. The van der Waals surface area contributed by atoms with Gasteiger partial charge in [0.05, 0.1) is 4.70 Å². The highest BCUT2D eigenvalue weighted by molar-refractivity contribution is 7.29. The van der Waals surface area contributed by atoms with Crippen LogP contribution in [-0.4, -0.2) is 37.6 Å². The van der Waals surface area contributed by atoms with Gasteiger partial charge in [-0.15, -0.1) is 11.3 Å². The van der Waals surface area contributed by atoms with Crippen LogP contribution in [0.4, 0.5) is 10.8 Å². The summed E-state index contributed by atoms with van der Waals surface area (Å²) >= 11 is 2.78. The molecule has 1 amide bonds. The van der Waals surface area contributed by atoms with Crippen molar-refractivity contribution in [3.63, 3.8) is 0 Å². The number of nitrogens with one attached hydrogen (secondary N) is 1. The van der Waals surface area contributed by atoms with E-state index in [2.05, 4.69) is 24.1 Å². The molecule has 0 aliphatic heterocycles. The number of aromatic nitrogens is 1. The van der Waals surface area contributed by atoms with Crippen LogP contribution in [-0.2, 0) is 9.53 Å². The Labute approximate surface area is 165 Å². The van der Waals surface area contributed by atoms with E-state index in [1.165, 1.54) is 28.2 Å². The van der Waals surface area contributed by atoms with Crippen molar-refractivity contribution < 1.29 is 14.3 Å². The average Bonchev–Trinajstić information content (AvgIpc) is 3.19. The maximum atomic E-state index is 12.2. The number of amides is 1. The minimum absolute atomic E-state index is 0.327. The van der Waals surface area contributed by atoms with Crippen molar-refractivity contribution in [2.24, 2.45) is 0 Å². The number of anilines is 2. The van der Waals surface area contributed by atoms with Gasteiger partial charge >= 0.3 is 5.97 Å². The Kier molecular flexibility index (Phi) is 5.76. The first-order chi connectivity index (χ1) is 12.8. The predicted molar refractivity (Wildman–Crippen MR) is 111 cm³/mol. The van der Waals surface area contributed by atoms with Gasteiger partial charge < -0.3 is 15.0 Å². The van der Waals surface area contributed by atoms with Crippen molar-refractivity contribution in [3.8, 4) is 0 Å². The zero-order valence-electron chi connectivity index (χ0n) is 15.6. The van der Waals surface area contributed by atoms with Gasteiger partial charge in [-0.2, -0.15) is 0 Å². The lowest BCUT2D eigenvalue weighted by Gasteiger charge is -2.08. The molecule has 0 saturated carbocycles. The molecule has 27 heavy (non-hydrogen) atoms. The monoisotopic (exact) mass is 403 g/mol. The highest BCUT2D eigenvalue weighted by atomic mass is 32.1. The van der Waals surface area contributed by atoms with Gasteiger partial charge in [0.15, 0.2) is 11.7 Å². The highest BCUT2D eigenvalue weighted by Gasteiger charge is 2.17. The molecule has 0 radical (unpaired) electrons. The van der Waals surface area contributed by atoms with Gasteiger partial charge in [0.25, 0.3) is 5.91 Å². The largest absolute Gasteiger partial charge is 0.451 e. The minimum Gasteiger partial charge on any atom is -0.451 e. The third kappa shape index (κ3) is 4.64. The van der Waals surface area contributed by atoms with Gasteiger partial charge in [-0.05, 0) is 29.7 Å². The molecule has 0 atom stereocenters. The lowest BCUT2D eigenvalue weighted by molar-refractivity contribution is -0.119. The summed E-state index contributed by atoms with van der Waals surface area (Å²) < 4.78 is 6.06. The van der Waals surface area contributed by atoms with Crippen molar-refractivity contribution in [3.05, 3.63) is 40.8 Å². The summed E-state index contributed by atoms with van der Waals surface area (Å²) in [6.07, 6.45) is 0. The number of rotatable bonds is 6. The molecular formula is C19H21N3O3S2. The van der Waals surface area contributed by atoms with Gasteiger partial charge in [-0.1, -0.05) is 37.3 Å². The summed E-state index contributed by atoms with van der Waals surface area (Å²) in [6.45, 7) is 3.89. The van der Waals surface area contributed by atoms with E-state index in [0.29, 0.717) is 16.5 Å². The van der Waals surface area contributed by atoms with Crippen molar-refractivity contribution in [2.45, 2.75) is 19.8 Å². The molecule has 142 valence electrons. The Balaban J connectivity index is 1.55. The zero-order chi connectivity index (χ0) is 19.6. The lowest BCUT2D eigenvalue weighted by Crippen LogP contribution is -2.20. The molecule has 0 bridgehead atoms. The van der Waals surface area contributed by atoms with E-state index < -0.39 is 5.97 Å². The molecule has 0 saturated heterocycles. The molecule has 8 heteroatoms. The number of thiazole rings is 1. The molecule has 6 nitrogen and oxygen atoms in total. The van der Waals surface area contributed by atoms with E-state index in [0.717, 1.165) is 14.7 Å².